The molecule has 8 heteroatoms. The van der Waals surface area contributed by atoms with Crippen molar-refractivity contribution in [3.63, 3.8) is 0 Å². The van der Waals surface area contributed by atoms with Crippen molar-refractivity contribution < 1.29 is 19.0 Å². The molecule has 1 saturated carbocycles. The highest BCUT2D eigenvalue weighted by molar-refractivity contribution is 6.02. The molecule has 2 aromatic heterocycles. The second-order valence-corrected chi connectivity index (χ2v) is 9.42. The molecule has 1 aliphatic rings. The van der Waals surface area contributed by atoms with Crippen LogP contribution in [0, 0.1) is 5.82 Å². The van der Waals surface area contributed by atoms with E-state index in [1.54, 1.807) is 6.20 Å². The van der Waals surface area contributed by atoms with Crippen LogP contribution in [0.1, 0.15) is 36.6 Å². The summed E-state index contributed by atoms with van der Waals surface area (Å²) in [5.41, 5.74) is 10.2. The predicted molar refractivity (Wildman–Crippen MR) is 140 cm³/mol. The minimum atomic E-state index is -1.05. The predicted octanol–water partition coefficient (Wildman–Crippen LogP) is 5.90. The molecule has 0 bridgehead atoms. The molecule has 0 spiro atoms. The number of halogens is 1. The van der Waals surface area contributed by atoms with Crippen molar-refractivity contribution in [3.8, 4) is 16.9 Å². The van der Waals surface area contributed by atoms with Crippen LogP contribution in [0.25, 0.3) is 32.8 Å². The number of ether oxygens (including phenoxy) is 1. The van der Waals surface area contributed by atoms with Crippen molar-refractivity contribution in [2.75, 3.05) is 5.73 Å². The van der Waals surface area contributed by atoms with Gasteiger partial charge in [-0.1, -0.05) is 24.3 Å². The van der Waals surface area contributed by atoms with Gasteiger partial charge in [-0.2, -0.15) is 5.10 Å². The van der Waals surface area contributed by atoms with Gasteiger partial charge in [-0.15, -0.1) is 0 Å². The molecule has 1 fully saturated rings. The Hall–Kier alpha value is -4.46. The van der Waals surface area contributed by atoms with E-state index in [4.69, 9.17) is 15.6 Å². The Morgan fingerprint density at radius 1 is 1.08 bits per heavy atom. The number of anilines is 1. The molecule has 6 rings (SSSR count). The van der Waals surface area contributed by atoms with Crippen LogP contribution in [0.4, 0.5) is 10.2 Å². The Morgan fingerprint density at radius 2 is 1.95 bits per heavy atom. The lowest BCUT2D eigenvalue weighted by atomic mass is 9.93. The highest BCUT2D eigenvalue weighted by Gasteiger charge is 2.24. The van der Waals surface area contributed by atoms with Gasteiger partial charge in [0.15, 0.2) is 0 Å². The Balaban J connectivity index is 1.42. The van der Waals surface area contributed by atoms with Crippen molar-refractivity contribution >= 4 is 33.5 Å². The summed E-state index contributed by atoms with van der Waals surface area (Å²) < 4.78 is 21.9. The maximum Gasteiger partial charge on any atom is 0.307 e. The van der Waals surface area contributed by atoms with Gasteiger partial charge in [0.05, 0.1) is 18.0 Å². The maximum absolute atomic E-state index is 13.8. The van der Waals surface area contributed by atoms with E-state index in [1.165, 1.54) is 24.6 Å². The lowest BCUT2D eigenvalue weighted by molar-refractivity contribution is -0.136. The van der Waals surface area contributed by atoms with Crippen LogP contribution < -0.4 is 10.5 Å². The van der Waals surface area contributed by atoms with Gasteiger partial charge in [0.1, 0.15) is 29.7 Å². The second kappa shape index (κ2) is 9.20. The number of pyridine rings is 1. The van der Waals surface area contributed by atoms with Gasteiger partial charge < -0.3 is 15.6 Å². The number of fused-ring (bicyclic) bond motifs is 2. The average Bonchev–Trinajstić information content (AvgIpc) is 3.19. The zero-order chi connectivity index (χ0) is 25.5. The monoisotopic (exact) mass is 496 g/mol. The first-order valence-corrected chi connectivity index (χ1v) is 12.3. The molecule has 0 radical (unpaired) electrons. The van der Waals surface area contributed by atoms with Crippen molar-refractivity contribution in [1.82, 2.24) is 14.8 Å². The molecule has 3 aromatic carbocycles. The molecule has 0 unspecified atom stereocenters. The lowest BCUT2D eigenvalue weighted by Crippen LogP contribution is -2.18. The van der Waals surface area contributed by atoms with Gasteiger partial charge in [-0.25, -0.2) is 9.37 Å². The van der Waals surface area contributed by atoms with Crippen LogP contribution in [0.2, 0.25) is 0 Å². The molecule has 5 aromatic rings. The first-order valence-electron chi connectivity index (χ1n) is 12.3. The number of hydrogen-bond acceptors (Lipinski definition) is 5. The summed E-state index contributed by atoms with van der Waals surface area (Å²) in [6.07, 6.45) is 4.72. The first kappa shape index (κ1) is 23.0. The van der Waals surface area contributed by atoms with E-state index in [-0.39, 0.29) is 18.6 Å². The van der Waals surface area contributed by atoms with E-state index in [0.717, 1.165) is 51.3 Å². The van der Waals surface area contributed by atoms with E-state index in [9.17, 15) is 14.3 Å². The normalized spacial score (nSPS) is 13.6. The van der Waals surface area contributed by atoms with Gasteiger partial charge in [-0.3, -0.25) is 9.48 Å². The number of carboxylic acid groups (broad SMARTS) is 1. The number of aromatic nitrogens is 3. The van der Waals surface area contributed by atoms with Crippen LogP contribution in [0.5, 0.6) is 5.75 Å². The average molecular weight is 497 g/mol. The summed E-state index contributed by atoms with van der Waals surface area (Å²) in [6, 6.07) is 18.6. The Bertz CT molecular complexity index is 1660. The minimum absolute atomic E-state index is 0.129. The molecule has 7 nitrogen and oxygen atoms in total. The van der Waals surface area contributed by atoms with Crippen LogP contribution in [0.3, 0.4) is 0 Å². The zero-order valence-electron chi connectivity index (χ0n) is 20.0. The molecule has 1 aliphatic carbocycles. The number of benzene rings is 3. The number of carboxylic acids is 1. The first-order chi connectivity index (χ1) is 18.0. The fourth-order valence-corrected chi connectivity index (χ4v) is 5.01. The van der Waals surface area contributed by atoms with Gasteiger partial charge in [0.2, 0.25) is 0 Å². The third kappa shape index (κ3) is 4.24. The summed E-state index contributed by atoms with van der Waals surface area (Å²) in [7, 11) is 0. The van der Waals surface area contributed by atoms with E-state index < -0.39 is 11.8 Å². The minimum Gasteiger partial charge on any atom is -0.487 e. The number of hydrogen-bond donors (Lipinski definition) is 2. The number of nitrogens with zero attached hydrogens (tertiary/aromatic N) is 3. The maximum atomic E-state index is 13.8. The van der Waals surface area contributed by atoms with Gasteiger partial charge >= 0.3 is 5.97 Å². The third-order valence-corrected chi connectivity index (χ3v) is 7.08. The summed E-state index contributed by atoms with van der Waals surface area (Å²) in [6.45, 7) is 0.129. The van der Waals surface area contributed by atoms with E-state index in [2.05, 4.69) is 33.9 Å². The molecule has 2 heterocycles. The highest BCUT2D eigenvalue weighted by atomic mass is 19.1. The smallest absolute Gasteiger partial charge is 0.307 e. The number of rotatable bonds is 7. The van der Waals surface area contributed by atoms with Crippen molar-refractivity contribution in [2.24, 2.45) is 0 Å². The molecule has 37 heavy (non-hydrogen) atoms. The van der Waals surface area contributed by atoms with Gasteiger partial charge in [0, 0.05) is 22.5 Å². The third-order valence-electron chi connectivity index (χ3n) is 7.08. The fourth-order valence-electron chi connectivity index (χ4n) is 5.01. The Morgan fingerprint density at radius 3 is 2.73 bits per heavy atom. The standard InChI is InChI=1S/C29H25FN4O3/c30-19-8-10-27(18(13-19)15-28(35)36)37-16-25-24-14-17(7-9-26(24)34(33-25)20-3-1-4-20)21-5-2-6-23-22(21)11-12-32-29(23)31/h2,5-14,20H,1,3-4,15-16H2,(H2,31,32)(H,35,36). The lowest BCUT2D eigenvalue weighted by Gasteiger charge is -2.26. The topological polar surface area (TPSA) is 103 Å². The van der Waals surface area contributed by atoms with Crippen LogP contribution in [0.15, 0.2) is 66.9 Å². The van der Waals surface area contributed by atoms with E-state index >= 15 is 0 Å². The fraction of sp³-hybridized carbons (Fsp3) is 0.207. The number of nitrogen functional groups attached to an aromatic ring is 1. The van der Waals surface area contributed by atoms with Crippen molar-refractivity contribution in [1.29, 1.82) is 0 Å². The van der Waals surface area contributed by atoms with E-state index in [0.29, 0.717) is 17.6 Å². The molecule has 3 N–H and O–H groups in total. The van der Waals surface area contributed by atoms with Crippen molar-refractivity contribution in [3.05, 3.63) is 83.9 Å². The van der Waals surface area contributed by atoms with Gasteiger partial charge in [0.25, 0.3) is 0 Å². The zero-order valence-corrected chi connectivity index (χ0v) is 20.0. The van der Waals surface area contributed by atoms with Crippen LogP contribution in [-0.2, 0) is 17.8 Å². The molecular formula is C29H25FN4O3. The number of aliphatic carboxylic acids is 1. The Kier molecular flexibility index (Phi) is 5.71. The summed E-state index contributed by atoms with van der Waals surface area (Å²) in [4.78, 5) is 15.5. The van der Waals surface area contributed by atoms with E-state index in [1.807, 2.05) is 18.2 Å². The summed E-state index contributed by atoms with van der Waals surface area (Å²) in [5, 5.41) is 17.0. The van der Waals surface area contributed by atoms with Crippen molar-refractivity contribution in [2.45, 2.75) is 38.3 Å². The van der Waals surface area contributed by atoms with Crippen LogP contribution in [-0.4, -0.2) is 25.8 Å². The molecule has 0 saturated heterocycles. The number of nitrogens with two attached hydrogens (primary N) is 1. The molecular weight excluding hydrogens is 471 g/mol. The van der Waals surface area contributed by atoms with Gasteiger partial charge in [-0.05, 0) is 72.2 Å². The Labute approximate surface area is 212 Å². The molecule has 0 atom stereocenters. The molecule has 0 amide bonds. The molecule has 186 valence electrons. The summed E-state index contributed by atoms with van der Waals surface area (Å²) in [5.74, 6) is -0.725. The molecule has 0 aliphatic heterocycles. The second-order valence-electron chi connectivity index (χ2n) is 9.42. The highest BCUT2D eigenvalue weighted by Crippen LogP contribution is 2.37. The summed E-state index contributed by atoms with van der Waals surface area (Å²) >= 11 is 0. The number of carbonyl (C=O) groups is 1. The SMILES string of the molecule is Nc1nccc2c(-c3ccc4c(c3)c(COc3ccc(F)cc3CC(=O)O)nn4C3CCC3)cccc12. The largest absolute Gasteiger partial charge is 0.487 e. The quantitative estimate of drug-likeness (QED) is 0.291. The van der Waals surface area contributed by atoms with Crippen LogP contribution >= 0.6 is 0 Å².